The Balaban J connectivity index is 0.000000212. The Labute approximate surface area is 318 Å². The van der Waals surface area contributed by atoms with Crippen molar-refractivity contribution in [3.63, 3.8) is 0 Å². The van der Waals surface area contributed by atoms with Crippen LogP contribution in [0.3, 0.4) is 0 Å². The molecule has 252 valence electrons. The van der Waals surface area contributed by atoms with Gasteiger partial charge in [-0.3, -0.25) is 6.08 Å². The van der Waals surface area contributed by atoms with Crippen LogP contribution in [0.4, 0.5) is 0 Å². The van der Waals surface area contributed by atoms with Crippen LogP contribution in [0.25, 0.3) is 21.5 Å². The van der Waals surface area contributed by atoms with Crippen LogP contribution in [0.1, 0.15) is 88.5 Å². The van der Waals surface area contributed by atoms with Gasteiger partial charge in [-0.1, -0.05) is 124 Å². The van der Waals surface area contributed by atoms with Gasteiger partial charge >= 0.3 is 79.6 Å². The predicted octanol–water partition coefficient (Wildman–Crippen LogP) is 5.84. The molecule has 0 N–H and O–H groups in total. The van der Waals surface area contributed by atoms with Gasteiger partial charge < -0.3 is 24.8 Å². The van der Waals surface area contributed by atoms with Gasteiger partial charge in [0.05, 0.1) is 0 Å². The van der Waals surface area contributed by atoms with Crippen molar-refractivity contribution < 1.29 is 44.8 Å². The van der Waals surface area contributed by atoms with E-state index >= 15 is 0 Å². The zero-order valence-electron chi connectivity index (χ0n) is 29.4. The molecule has 4 bridgehead atoms. The van der Waals surface area contributed by atoms with Crippen LogP contribution < -0.4 is 24.8 Å². The number of hydrogen-bond acceptors (Lipinski definition) is 0. The molecular formula is C46H48Cl2Ti-2. The molecule has 0 spiro atoms. The topological polar surface area (TPSA) is 0 Å². The molecule has 5 aliphatic carbocycles. The minimum atomic E-state index is -0.0417. The molecule has 49 heavy (non-hydrogen) atoms. The molecule has 0 radical (unpaired) electrons. The van der Waals surface area contributed by atoms with Crippen LogP contribution in [-0.4, -0.2) is 3.81 Å². The number of halogens is 2. The third-order valence-corrected chi connectivity index (χ3v) is 13.0. The quantitative estimate of drug-likeness (QED) is 0.162. The Morgan fingerprint density at radius 2 is 1.04 bits per heavy atom. The van der Waals surface area contributed by atoms with Gasteiger partial charge in [-0.2, -0.15) is 6.08 Å². The maximum atomic E-state index is 2.99. The first-order valence-electron chi connectivity index (χ1n) is 17.8. The first-order chi connectivity index (χ1) is 22.7. The van der Waals surface area contributed by atoms with Gasteiger partial charge in [0.1, 0.15) is 0 Å². The predicted molar refractivity (Wildman–Crippen MR) is 198 cm³/mol. The second-order valence-corrected chi connectivity index (χ2v) is 16.4. The van der Waals surface area contributed by atoms with E-state index in [0.29, 0.717) is 0 Å². The van der Waals surface area contributed by atoms with E-state index in [0.717, 1.165) is 30.1 Å². The molecule has 0 amide bonds. The van der Waals surface area contributed by atoms with Gasteiger partial charge in [0.15, 0.2) is 0 Å². The van der Waals surface area contributed by atoms with E-state index in [2.05, 4.69) is 163 Å². The summed E-state index contributed by atoms with van der Waals surface area (Å²) in [6.07, 6.45) is 17.8. The van der Waals surface area contributed by atoms with Gasteiger partial charge in [0.2, 0.25) is 0 Å². The standard InChI is InChI=1S/C31H29.C10H14.C5H5.2ClH.Ti/c1-30(2,24-11-7-5-8-12-24)26-17-15-22-19-23-16-18-27(21-29(23)28(22)20-26)31(3,4)25-13-9-6-10-14-25;1-7-2-9-4-8(1)5-10(3-7)6-9;1-2-4-5-3-1;;;/h5-21H,1-4H3;7-10H,1-5H2;1-3H,4H2;2*1H;/q-1;;-1;;;+2/p-2. The van der Waals surface area contributed by atoms with Crippen LogP contribution in [0.15, 0.2) is 121 Å². The van der Waals surface area contributed by atoms with Crippen LogP contribution in [0, 0.1) is 29.7 Å². The second-order valence-electron chi connectivity index (χ2n) is 15.5. The molecule has 4 fully saturated rings. The van der Waals surface area contributed by atoms with E-state index < -0.39 is 0 Å². The Morgan fingerprint density at radius 1 is 0.592 bits per heavy atom. The van der Waals surface area contributed by atoms with Gasteiger partial charge in [-0.15, -0.1) is 46.2 Å². The molecule has 0 nitrogen and oxygen atoms in total. The Hall–Kier alpha value is -2.61. The molecule has 4 saturated carbocycles. The molecule has 3 heteroatoms. The summed E-state index contributed by atoms with van der Waals surface area (Å²) < 4.78 is 1.87. The van der Waals surface area contributed by atoms with E-state index in [4.69, 9.17) is 0 Å². The normalized spacial score (nSPS) is 21.8. The van der Waals surface area contributed by atoms with Crippen molar-refractivity contribution in [1.82, 2.24) is 0 Å². The summed E-state index contributed by atoms with van der Waals surface area (Å²) in [7, 11) is 0. The van der Waals surface area contributed by atoms with Crippen LogP contribution in [-0.2, 0) is 30.8 Å². The number of rotatable bonds is 4. The average molecular weight is 720 g/mol. The number of hydrogen-bond donors (Lipinski definition) is 0. The third kappa shape index (κ3) is 7.84. The summed E-state index contributed by atoms with van der Waals surface area (Å²) in [5.41, 5.74) is 5.31. The van der Waals surface area contributed by atoms with Crippen molar-refractivity contribution >= 4 is 25.4 Å². The molecule has 5 aromatic carbocycles. The van der Waals surface area contributed by atoms with Crippen molar-refractivity contribution in [3.05, 3.63) is 150 Å². The average Bonchev–Trinajstić information content (AvgIpc) is 3.80. The SMILES string of the molecule is CC(C)(c1ccccc1)c1ccc2[cH-]c3ccc(C(C)(C)c4ccccc4)cc3c2c1.[C-]1=CC=CC1.[Cl-].[Cl-].[Ti+2]=[C]1C2CC3CC(C2)CC1C3. The number of fused-ring (bicyclic) bond motifs is 3. The number of benzene rings is 4. The van der Waals surface area contributed by atoms with Crippen molar-refractivity contribution in [1.29, 1.82) is 0 Å². The molecule has 0 aromatic heterocycles. The zero-order chi connectivity index (χ0) is 32.6. The summed E-state index contributed by atoms with van der Waals surface area (Å²) in [5.74, 6) is 4.40. The second kappa shape index (κ2) is 15.7. The molecule has 0 aliphatic heterocycles. The first-order valence-corrected chi connectivity index (χ1v) is 18.5. The summed E-state index contributed by atoms with van der Waals surface area (Å²) in [6.45, 7) is 9.27. The summed E-state index contributed by atoms with van der Waals surface area (Å²) in [6, 6.07) is 37.9. The first kappa shape index (κ1) is 37.6. The molecule has 0 saturated heterocycles. The van der Waals surface area contributed by atoms with E-state index in [9.17, 15) is 0 Å². The van der Waals surface area contributed by atoms with Crippen molar-refractivity contribution in [2.45, 2.75) is 77.0 Å². The van der Waals surface area contributed by atoms with Gasteiger partial charge in [-0.25, -0.2) is 12.2 Å². The molecule has 0 atom stereocenters. The Bertz CT molecular complexity index is 1780. The molecule has 5 aromatic rings. The third-order valence-electron chi connectivity index (χ3n) is 11.7. The van der Waals surface area contributed by atoms with Crippen molar-refractivity contribution in [2.75, 3.05) is 0 Å². The number of allylic oxidation sites excluding steroid dienone is 4. The molecule has 0 heterocycles. The van der Waals surface area contributed by atoms with Gasteiger partial charge in [-0.05, 0) is 11.1 Å². The van der Waals surface area contributed by atoms with Crippen molar-refractivity contribution in [2.24, 2.45) is 23.7 Å². The van der Waals surface area contributed by atoms with E-state index in [1.54, 1.807) is 32.1 Å². The van der Waals surface area contributed by atoms with Crippen LogP contribution >= 0.6 is 0 Å². The molecule has 10 rings (SSSR count). The summed E-state index contributed by atoms with van der Waals surface area (Å²) in [4.78, 5) is 0. The fraction of sp³-hybridized carbons (Fsp3) is 0.348. The Morgan fingerprint density at radius 3 is 1.41 bits per heavy atom. The molecular weight excluding hydrogens is 671 g/mol. The summed E-state index contributed by atoms with van der Waals surface area (Å²) >= 11 is 2.42. The maximum absolute atomic E-state index is 2.99. The van der Waals surface area contributed by atoms with Gasteiger partial charge in [0.25, 0.3) is 0 Å². The minimum absolute atomic E-state index is 0. The fourth-order valence-electron chi connectivity index (χ4n) is 8.85. The van der Waals surface area contributed by atoms with E-state index in [1.165, 1.54) is 43.8 Å². The molecule has 0 unspecified atom stereocenters. The zero-order valence-corrected chi connectivity index (χ0v) is 32.4. The van der Waals surface area contributed by atoms with Gasteiger partial charge in [0, 0.05) is 10.8 Å². The Kier molecular flexibility index (Phi) is 12.1. The van der Waals surface area contributed by atoms with Crippen molar-refractivity contribution in [3.8, 4) is 0 Å². The van der Waals surface area contributed by atoms with E-state index in [1.807, 2.05) is 16.0 Å². The van der Waals surface area contributed by atoms with Crippen LogP contribution in [0.2, 0.25) is 0 Å². The monoisotopic (exact) mass is 718 g/mol. The van der Waals surface area contributed by atoms with E-state index in [-0.39, 0.29) is 35.6 Å². The fourth-order valence-corrected chi connectivity index (χ4v) is 9.59. The summed E-state index contributed by atoms with van der Waals surface area (Å²) in [5, 5.41) is 5.33. The molecule has 5 aliphatic rings. The van der Waals surface area contributed by atoms with Crippen LogP contribution in [0.5, 0.6) is 0 Å².